The number of hydrogen-bond donors (Lipinski definition) is 1. The van der Waals surface area contributed by atoms with Gasteiger partial charge >= 0.3 is 0 Å². The number of anilines is 1. The molecule has 2 bridgehead atoms. The predicted molar refractivity (Wildman–Crippen MR) is 102 cm³/mol. The van der Waals surface area contributed by atoms with Gasteiger partial charge in [0.15, 0.2) is 0 Å². The molecule has 2 fully saturated rings. The van der Waals surface area contributed by atoms with E-state index in [2.05, 4.69) is 32.4 Å². The van der Waals surface area contributed by atoms with Crippen molar-refractivity contribution >= 4 is 22.5 Å². The summed E-state index contributed by atoms with van der Waals surface area (Å²) in [6.07, 6.45) is 6.96. The van der Waals surface area contributed by atoms with Crippen molar-refractivity contribution in [2.75, 3.05) is 25.0 Å². The molecule has 138 valence electrons. The smallest absolute Gasteiger partial charge is 0.239 e. The van der Waals surface area contributed by atoms with Crippen LogP contribution in [0.5, 0.6) is 0 Å². The number of benzene rings is 1. The van der Waals surface area contributed by atoms with Crippen LogP contribution in [0.15, 0.2) is 42.9 Å². The minimum atomic E-state index is -0.0298. The third-order valence-electron chi connectivity index (χ3n) is 5.39. The number of carbonyl (C=O) groups is 1. The van der Waals surface area contributed by atoms with E-state index in [-0.39, 0.29) is 5.91 Å². The van der Waals surface area contributed by atoms with E-state index in [0.717, 1.165) is 41.5 Å². The van der Waals surface area contributed by atoms with Gasteiger partial charge in [0.1, 0.15) is 5.82 Å². The summed E-state index contributed by atoms with van der Waals surface area (Å²) in [5.41, 5.74) is 2.15. The second-order valence-electron chi connectivity index (χ2n) is 7.36. The number of nitrogens with zero attached hydrogens (tertiary/aromatic N) is 4. The largest absolute Gasteiger partial charge is 0.375 e. The third kappa shape index (κ3) is 3.20. The highest BCUT2D eigenvalue weighted by molar-refractivity contribution is 5.94. The Bertz CT molecular complexity index is 1010. The molecule has 5 rings (SSSR count). The maximum absolute atomic E-state index is 12.4. The first-order valence-electron chi connectivity index (χ1n) is 9.18. The van der Waals surface area contributed by atoms with Crippen LogP contribution in [-0.4, -0.2) is 57.4 Å². The first-order valence-corrected chi connectivity index (χ1v) is 9.18. The molecule has 3 aromatic rings. The van der Waals surface area contributed by atoms with Gasteiger partial charge in [0.05, 0.1) is 25.5 Å². The van der Waals surface area contributed by atoms with E-state index in [4.69, 9.17) is 4.74 Å². The van der Waals surface area contributed by atoms with E-state index in [9.17, 15) is 4.79 Å². The van der Waals surface area contributed by atoms with Crippen molar-refractivity contribution in [3.8, 4) is 11.1 Å². The van der Waals surface area contributed by atoms with E-state index >= 15 is 0 Å². The van der Waals surface area contributed by atoms with Crippen molar-refractivity contribution in [3.05, 3.63) is 42.9 Å². The first-order chi connectivity index (χ1) is 13.1. The maximum atomic E-state index is 12.4. The molecule has 2 atom stereocenters. The molecule has 0 radical (unpaired) electrons. The van der Waals surface area contributed by atoms with Gasteiger partial charge in [-0.15, -0.1) is 0 Å². The topological polar surface area (TPSA) is 72.3 Å². The number of aryl methyl sites for hydroxylation is 1. The summed E-state index contributed by atoms with van der Waals surface area (Å²) >= 11 is 0. The zero-order chi connectivity index (χ0) is 18.4. The fourth-order valence-electron chi connectivity index (χ4n) is 4.00. The van der Waals surface area contributed by atoms with Gasteiger partial charge in [0, 0.05) is 43.0 Å². The molecule has 1 aromatic carbocycles. The average molecular weight is 363 g/mol. The molecule has 7 nitrogen and oxygen atoms in total. The molecule has 2 aliphatic heterocycles. The summed E-state index contributed by atoms with van der Waals surface area (Å²) in [7, 11) is 1.90. The Hall–Kier alpha value is -2.77. The van der Waals surface area contributed by atoms with E-state index in [1.54, 1.807) is 10.9 Å². The predicted octanol–water partition coefficient (Wildman–Crippen LogP) is 2.05. The van der Waals surface area contributed by atoms with Crippen LogP contribution < -0.4 is 5.32 Å². The van der Waals surface area contributed by atoms with Crippen LogP contribution in [0.2, 0.25) is 0 Å². The van der Waals surface area contributed by atoms with Crippen molar-refractivity contribution in [1.29, 1.82) is 0 Å². The maximum Gasteiger partial charge on any atom is 0.239 e. The summed E-state index contributed by atoms with van der Waals surface area (Å²) in [5.74, 6) is 0.550. The van der Waals surface area contributed by atoms with Crippen LogP contribution >= 0.6 is 0 Å². The van der Waals surface area contributed by atoms with Crippen molar-refractivity contribution in [3.63, 3.8) is 0 Å². The molecule has 0 saturated carbocycles. The molecule has 7 heteroatoms. The minimum Gasteiger partial charge on any atom is -0.375 e. The highest BCUT2D eigenvalue weighted by Gasteiger charge is 2.39. The van der Waals surface area contributed by atoms with Crippen LogP contribution in [0.3, 0.4) is 0 Å². The monoisotopic (exact) mass is 363 g/mol. The molecule has 27 heavy (non-hydrogen) atoms. The standard InChI is InChI=1S/C20H21N5O2/c1-24-9-16(8-22-24)13-2-3-14-7-21-19(5-15(14)4-13)23-20(26)11-25-10-18-6-17(25)12-27-18/h2-5,7-9,17-18H,6,10-12H2,1H3,(H,21,23,26)/t17-,18-/m1/s1. The first kappa shape index (κ1) is 16.4. The fourth-order valence-corrected chi connectivity index (χ4v) is 4.00. The van der Waals surface area contributed by atoms with Gasteiger partial charge in [0.2, 0.25) is 5.91 Å². The van der Waals surface area contributed by atoms with Crippen molar-refractivity contribution in [2.45, 2.75) is 18.6 Å². The highest BCUT2D eigenvalue weighted by atomic mass is 16.5. The molecular formula is C20H21N5O2. The van der Waals surface area contributed by atoms with Crippen molar-refractivity contribution in [1.82, 2.24) is 19.7 Å². The molecule has 1 amide bonds. The van der Waals surface area contributed by atoms with Gasteiger partial charge in [-0.3, -0.25) is 14.4 Å². The average Bonchev–Trinajstić information content (AvgIpc) is 3.38. The molecule has 2 aromatic heterocycles. The molecular weight excluding hydrogens is 342 g/mol. The van der Waals surface area contributed by atoms with Gasteiger partial charge in [-0.05, 0) is 29.5 Å². The molecule has 2 aliphatic rings. The SMILES string of the molecule is Cn1cc(-c2ccc3cnc(NC(=O)CN4C[C@H]5C[C@@H]4CO5)cc3c2)cn1. The van der Waals surface area contributed by atoms with Gasteiger partial charge in [0.25, 0.3) is 0 Å². The summed E-state index contributed by atoms with van der Waals surface area (Å²) in [6, 6.07) is 8.50. The lowest BCUT2D eigenvalue weighted by Crippen LogP contribution is -2.41. The summed E-state index contributed by atoms with van der Waals surface area (Å²) < 4.78 is 7.37. The molecule has 1 N–H and O–H groups in total. The number of fused-ring (bicyclic) bond motifs is 3. The summed E-state index contributed by atoms with van der Waals surface area (Å²) in [4.78, 5) is 19.0. The summed E-state index contributed by atoms with van der Waals surface area (Å²) in [5, 5.41) is 9.24. The van der Waals surface area contributed by atoms with Crippen LogP contribution in [0.1, 0.15) is 6.42 Å². The highest BCUT2D eigenvalue weighted by Crippen LogP contribution is 2.28. The number of hydrogen-bond acceptors (Lipinski definition) is 5. The summed E-state index contributed by atoms with van der Waals surface area (Å²) in [6.45, 7) is 1.97. The van der Waals surface area contributed by atoms with Crippen LogP contribution in [-0.2, 0) is 16.6 Å². The fraction of sp³-hybridized carbons (Fsp3) is 0.350. The zero-order valence-electron chi connectivity index (χ0n) is 15.1. The van der Waals surface area contributed by atoms with E-state index in [1.807, 2.05) is 31.6 Å². The number of rotatable bonds is 4. The lowest BCUT2D eigenvalue weighted by atomic mass is 10.1. The van der Waals surface area contributed by atoms with Gasteiger partial charge < -0.3 is 10.1 Å². The van der Waals surface area contributed by atoms with Crippen molar-refractivity contribution in [2.24, 2.45) is 7.05 Å². The Morgan fingerprint density at radius 2 is 2.19 bits per heavy atom. The molecule has 4 heterocycles. The quantitative estimate of drug-likeness (QED) is 0.768. The van der Waals surface area contributed by atoms with E-state index in [0.29, 0.717) is 24.5 Å². The third-order valence-corrected chi connectivity index (χ3v) is 5.39. The van der Waals surface area contributed by atoms with Crippen LogP contribution in [0.4, 0.5) is 5.82 Å². The lowest BCUT2D eigenvalue weighted by molar-refractivity contribution is -0.118. The number of likely N-dealkylation sites (tertiary alicyclic amines) is 1. The van der Waals surface area contributed by atoms with E-state index in [1.165, 1.54) is 0 Å². The Labute approximate surface area is 156 Å². The van der Waals surface area contributed by atoms with Crippen LogP contribution in [0, 0.1) is 0 Å². The number of ether oxygens (including phenoxy) is 1. The molecule has 0 aliphatic carbocycles. The number of pyridine rings is 1. The number of amides is 1. The van der Waals surface area contributed by atoms with Crippen LogP contribution in [0.25, 0.3) is 21.9 Å². The number of nitrogens with one attached hydrogen (secondary N) is 1. The van der Waals surface area contributed by atoms with E-state index < -0.39 is 0 Å². The van der Waals surface area contributed by atoms with Gasteiger partial charge in [-0.25, -0.2) is 4.98 Å². The number of morpholine rings is 1. The van der Waals surface area contributed by atoms with Gasteiger partial charge in [-0.1, -0.05) is 12.1 Å². The second-order valence-corrected chi connectivity index (χ2v) is 7.36. The second kappa shape index (κ2) is 6.44. The Kier molecular flexibility index (Phi) is 3.91. The van der Waals surface area contributed by atoms with Gasteiger partial charge in [-0.2, -0.15) is 5.10 Å². The Morgan fingerprint density at radius 1 is 1.26 bits per heavy atom. The Morgan fingerprint density at radius 3 is 2.93 bits per heavy atom. The molecule has 0 unspecified atom stereocenters. The van der Waals surface area contributed by atoms with Crippen molar-refractivity contribution < 1.29 is 9.53 Å². The molecule has 2 saturated heterocycles. The number of aromatic nitrogens is 3. The normalized spacial score (nSPS) is 21.8. The minimum absolute atomic E-state index is 0.0298. The lowest BCUT2D eigenvalue weighted by Gasteiger charge is -2.25. The Balaban J connectivity index is 1.33. The zero-order valence-corrected chi connectivity index (χ0v) is 15.1. The molecule has 0 spiro atoms. The number of carbonyl (C=O) groups excluding carboxylic acids is 1.